The summed E-state index contributed by atoms with van der Waals surface area (Å²) >= 11 is 0. The minimum absolute atomic E-state index is 0.00614. The molecule has 1 heterocycles. The molecular formula is C18H13N5O5. The van der Waals surface area contributed by atoms with E-state index in [0.717, 1.165) is 0 Å². The van der Waals surface area contributed by atoms with Crippen molar-refractivity contribution in [2.75, 3.05) is 5.43 Å². The Kier molecular flexibility index (Phi) is 5.51. The number of aromatic carboxylic acids is 1. The number of furan rings is 1. The molecule has 0 bridgehead atoms. The normalized spacial score (nSPS) is 11.5. The van der Waals surface area contributed by atoms with Crippen molar-refractivity contribution in [3.63, 3.8) is 0 Å². The van der Waals surface area contributed by atoms with E-state index in [-0.39, 0.29) is 22.8 Å². The van der Waals surface area contributed by atoms with Crippen LogP contribution in [0, 0.1) is 10.1 Å². The van der Waals surface area contributed by atoms with E-state index in [2.05, 4.69) is 20.8 Å². The van der Waals surface area contributed by atoms with Gasteiger partial charge in [0.2, 0.25) is 5.84 Å². The van der Waals surface area contributed by atoms with Gasteiger partial charge in [-0.2, -0.15) is 0 Å². The fourth-order valence-corrected chi connectivity index (χ4v) is 2.15. The lowest BCUT2D eigenvalue weighted by Gasteiger charge is -2.02. The number of nitro benzene ring substituents is 1. The van der Waals surface area contributed by atoms with E-state index < -0.39 is 10.9 Å². The Morgan fingerprint density at radius 3 is 2.46 bits per heavy atom. The van der Waals surface area contributed by atoms with Gasteiger partial charge in [0.05, 0.1) is 22.4 Å². The second-order valence-electron chi connectivity index (χ2n) is 5.35. The number of hydrogen-bond donors (Lipinski definition) is 2. The van der Waals surface area contributed by atoms with Gasteiger partial charge >= 0.3 is 5.97 Å². The number of hydrogen-bond acceptors (Lipinski definition) is 7. The summed E-state index contributed by atoms with van der Waals surface area (Å²) in [6.45, 7) is 0. The number of amidine groups is 1. The Morgan fingerprint density at radius 1 is 1.07 bits per heavy atom. The van der Waals surface area contributed by atoms with E-state index in [9.17, 15) is 20.0 Å². The summed E-state index contributed by atoms with van der Waals surface area (Å²) in [5.74, 6) is -0.774. The van der Waals surface area contributed by atoms with Crippen LogP contribution in [0.3, 0.4) is 0 Å². The molecule has 0 unspecified atom stereocenters. The summed E-state index contributed by atoms with van der Waals surface area (Å²) in [4.78, 5) is 21.5. The lowest BCUT2D eigenvalue weighted by atomic mass is 10.2. The maximum Gasteiger partial charge on any atom is 0.337 e. The molecule has 2 N–H and O–H groups in total. The summed E-state index contributed by atoms with van der Waals surface area (Å²) in [5, 5.41) is 32.0. The molecule has 0 aliphatic carbocycles. The first kappa shape index (κ1) is 18.5. The summed E-state index contributed by atoms with van der Waals surface area (Å²) in [6.07, 6.45) is 1.43. The zero-order chi connectivity index (χ0) is 19.9. The number of nitrogens with zero attached hydrogens (tertiary/aromatic N) is 4. The number of rotatable bonds is 6. The maximum atomic E-state index is 11.3. The first-order valence-corrected chi connectivity index (χ1v) is 7.90. The quantitative estimate of drug-likeness (QED) is 0.213. The van der Waals surface area contributed by atoms with Gasteiger partial charge in [-0.05, 0) is 36.4 Å². The molecule has 0 fully saturated rings. The third kappa shape index (κ3) is 4.43. The van der Waals surface area contributed by atoms with Gasteiger partial charge in [-0.1, -0.05) is 12.1 Å². The van der Waals surface area contributed by atoms with Crippen molar-refractivity contribution in [3.8, 4) is 0 Å². The van der Waals surface area contributed by atoms with Gasteiger partial charge < -0.3 is 9.52 Å². The number of carbonyl (C=O) groups is 1. The number of carboxylic acids is 1. The van der Waals surface area contributed by atoms with Gasteiger partial charge in [0.15, 0.2) is 5.76 Å². The van der Waals surface area contributed by atoms with Crippen LogP contribution < -0.4 is 5.43 Å². The average Bonchev–Trinajstić information content (AvgIpc) is 3.23. The number of nitro groups is 1. The predicted molar refractivity (Wildman–Crippen MR) is 99.9 cm³/mol. The zero-order valence-corrected chi connectivity index (χ0v) is 14.2. The highest BCUT2D eigenvalue weighted by Crippen LogP contribution is 2.20. The molecule has 10 nitrogen and oxygen atoms in total. The second kappa shape index (κ2) is 8.36. The van der Waals surface area contributed by atoms with E-state index in [1.165, 1.54) is 42.7 Å². The molecule has 0 radical (unpaired) electrons. The molecule has 0 aliphatic heterocycles. The van der Waals surface area contributed by atoms with E-state index in [1.54, 1.807) is 24.3 Å². The molecule has 0 aliphatic rings. The molecule has 0 saturated heterocycles. The summed E-state index contributed by atoms with van der Waals surface area (Å²) in [7, 11) is 0. The summed E-state index contributed by atoms with van der Waals surface area (Å²) in [5.41, 5.74) is 3.29. The Hall–Kier alpha value is -4.34. The van der Waals surface area contributed by atoms with Crippen molar-refractivity contribution < 1.29 is 19.2 Å². The number of hydrazone groups is 1. The molecule has 140 valence electrons. The van der Waals surface area contributed by atoms with Crippen LogP contribution in [0.25, 0.3) is 0 Å². The zero-order valence-electron chi connectivity index (χ0n) is 14.2. The molecule has 10 heteroatoms. The number of non-ortho nitro benzene ring substituents is 1. The van der Waals surface area contributed by atoms with Crippen molar-refractivity contribution >= 4 is 28.9 Å². The number of azo groups is 1. The van der Waals surface area contributed by atoms with E-state index >= 15 is 0 Å². The Bertz CT molecular complexity index is 1040. The Morgan fingerprint density at radius 2 is 1.82 bits per heavy atom. The van der Waals surface area contributed by atoms with Gasteiger partial charge in [-0.15, -0.1) is 15.3 Å². The summed E-state index contributed by atoms with van der Waals surface area (Å²) in [6, 6.07) is 15.0. The van der Waals surface area contributed by atoms with Gasteiger partial charge in [0, 0.05) is 12.1 Å². The standard InChI is InChI=1S/C18H13N5O5/c24-18(25)14-4-1-2-5-15(14)20-22-17(16-6-3-11-28-16)21-19-12-7-9-13(10-8-12)23(26)27/h1-11,19H,(H,24,25). The number of benzene rings is 2. The molecule has 2 aromatic carbocycles. The second-order valence-corrected chi connectivity index (χ2v) is 5.35. The molecule has 0 amide bonds. The van der Waals surface area contributed by atoms with Crippen molar-refractivity contribution in [3.05, 3.63) is 88.4 Å². The molecule has 0 spiro atoms. The van der Waals surface area contributed by atoms with Crippen LogP contribution in [0.4, 0.5) is 17.1 Å². The van der Waals surface area contributed by atoms with Crippen LogP contribution in [0.5, 0.6) is 0 Å². The van der Waals surface area contributed by atoms with Crippen LogP contribution in [0.1, 0.15) is 16.1 Å². The minimum Gasteiger partial charge on any atom is -0.478 e. The average molecular weight is 379 g/mol. The smallest absolute Gasteiger partial charge is 0.337 e. The first-order valence-electron chi connectivity index (χ1n) is 7.90. The molecule has 3 aromatic rings. The van der Waals surface area contributed by atoms with Gasteiger partial charge in [-0.3, -0.25) is 15.5 Å². The molecule has 3 rings (SSSR count). The highest BCUT2D eigenvalue weighted by Gasteiger charge is 2.11. The fourth-order valence-electron chi connectivity index (χ4n) is 2.15. The molecular weight excluding hydrogens is 366 g/mol. The van der Waals surface area contributed by atoms with Gasteiger partial charge in [0.25, 0.3) is 5.69 Å². The number of nitrogens with one attached hydrogen (secondary N) is 1. The maximum absolute atomic E-state index is 11.3. The minimum atomic E-state index is -1.13. The van der Waals surface area contributed by atoms with Crippen LogP contribution in [-0.2, 0) is 0 Å². The molecule has 0 saturated carbocycles. The van der Waals surface area contributed by atoms with Gasteiger partial charge in [-0.25, -0.2) is 4.79 Å². The Balaban J connectivity index is 1.87. The summed E-state index contributed by atoms with van der Waals surface area (Å²) < 4.78 is 5.27. The third-order valence-electron chi connectivity index (χ3n) is 3.50. The highest BCUT2D eigenvalue weighted by atomic mass is 16.6. The van der Waals surface area contributed by atoms with Crippen LogP contribution in [-0.4, -0.2) is 21.8 Å². The lowest BCUT2D eigenvalue weighted by molar-refractivity contribution is -0.384. The van der Waals surface area contributed by atoms with Crippen molar-refractivity contribution in [2.24, 2.45) is 15.3 Å². The fraction of sp³-hybridized carbons (Fsp3) is 0. The van der Waals surface area contributed by atoms with Crippen LogP contribution in [0.15, 0.2) is 86.7 Å². The van der Waals surface area contributed by atoms with Gasteiger partial charge in [0.1, 0.15) is 5.69 Å². The SMILES string of the molecule is O=C(O)c1ccccc1N=NC(=NNc1ccc([N+](=O)[O-])cc1)c1ccco1. The number of anilines is 1. The molecule has 0 atom stereocenters. The third-order valence-corrected chi connectivity index (χ3v) is 3.50. The first-order chi connectivity index (χ1) is 13.5. The van der Waals surface area contributed by atoms with Crippen LogP contribution >= 0.6 is 0 Å². The topological polar surface area (TPSA) is 143 Å². The van der Waals surface area contributed by atoms with E-state index in [4.69, 9.17) is 4.42 Å². The lowest BCUT2D eigenvalue weighted by Crippen LogP contribution is -2.00. The predicted octanol–water partition coefficient (Wildman–Crippen LogP) is 4.44. The molecule has 28 heavy (non-hydrogen) atoms. The van der Waals surface area contributed by atoms with E-state index in [1.807, 2.05) is 0 Å². The Labute approximate surface area is 158 Å². The molecule has 1 aromatic heterocycles. The van der Waals surface area contributed by atoms with Crippen molar-refractivity contribution in [2.45, 2.75) is 0 Å². The van der Waals surface area contributed by atoms with Crippen molar-refractivity contribution in [1.29, 1.82) is 0 Å². The number of carboxylic acid groups (broad SMARTS) is 1. The largest absolute Gasteiger partial charge is 0.478 e. The van der Waals surface area contributed by atoms with Crippen LogP contribution in [0.2, 0.25) is 0 Å². The van der Waals surface area contributed by atoms with Crippen molar-refractivity contribution in [1.82, 2.24) is 0 Å². The highest BCUT2D eigenvalue weighted by molar-refractivity contribution is 5.97. The monoisotopic (exact) mass is 379 g/mol. The van der Waals surface area contributed by atoms with E-state index in [0.29, 0.717) is 11.4 Å².